The van der Waals surface area contributed by atoms with E-state index in [0.29, 0.717) is 18.3 Å². The SMILES string of the molecule is C[C@H](CCc1ccc(CCCCOC2CCCCC2)s1)C(N)O.O=C(O)C=CC(=O)O. The van der Waals surface area contributed by atoms with Crippen LogP contribution in [0.15, 0.2) is 24.3 Å². The van der Waals surface area contributed by atoms with Gasteiger partial charge in [-0.2, -0.15) is 0 Å². The lowest BCUT2D eigenvalue weighted by molar-refractivity contribution is -0.134. The van der Waals surface area contributed by atoms with E-state index >= 15 is 0 Å². The smallest absolute Gasteiger partial charge is 0.328 e. The molecule has 0 spiro atoms. The summed E-state index contributed by atoms with van der Waals surface area (Å²) in [6.07, 6.45) is 13.1. The zero-order valence-electron chi connectivity index (χ0n) is 18.4. The molecular formula is C23H37NO6S. The molecule has 2 atom stereocenters. The fourth-order valence-electron chi connectivity index (χ4n) is 3.26. The van der Waals surface area contributed by atoms with Gasteiger partial charge in [0, 0.05) is 28.5 Å². The van der Waals surface area contributed by atoms with Gasteiger partial charge in [-0.3, -0.25) is 0 Å². The van der Waals surface area contributed by atoms with Crippen LogP contribution in [0.2, 0.25) is 0 Å². The molecule has 2 rings (SSSR count). The predicted molar refractivity (Wildman–Crippen MR) is 122 cm³/mol. The second-order valence-electron chi connectivity index (χ2n) is 7.97. The Hall–Kier alpha value is -1.74. The summed E-state index contributed by atoms with van der Waals surface area (Å²) >= 11 is 1.91. The molecule has 1 aliphatic carbocycles. The summed E-state index contributed by atoms with van der Waals surface area (Å²) in [6.45, 7) is 2.93. The number of carbonyl (C=O) groups is 2. The topological polar surface area (TPSA) is 130 Å². The van der Waals surface area contributed by atoms with Crippen LogP contribution in [0.1, 0.15) is 68.0 Å². The number of aliphatic carboxylic acids is 2. The number of rotatable bonds is 12. The molecule has 0 radical (unpaired) electrons. The molecule has 0 aliphatic heterocycles. The summed E-state index contributed by atoms with van der Waals surface area (Å²) < 4.78 is 5.98. The number of aliphatic hydroxyl groups is 1. The Bertz CT molecular complexity index is 651. The molecule has 0 amide bonds. The standard InChI is InChI=1S/C19H33NO2S.C4H4O4/c1-15(19(20)21)10-11-18-13-12-17(23-18)9-5-6-14-22-16-7-3-2-4-8-16;5-3(6)1-2-4(7)8/h12-13,15-16,19,21H,2-11,14,20H2,1H3;1-2H,(H,5,6)(H,7,8)/t15-,19?;/m1./s1. The molecule has 1 aromatic rings. The fraction of sp³-hybridized carbons (Fsp3) is 0.652. The summed E-state index contributed by atoms with van der Waals surface area (Å²) in [6, 6.07) is 4.49. The summed E-state index contributed by atoms with van der Waals surface area (Å²) in [5, 5.41) is 25.0. The van der Waals surface area contributed by atoms with Gasteiger partial charge in [0.05, 0.1) is 6.10 Å². The van der Waals surface area contributed by atoms with Crippen molar-refractivity contribution in [2.75, 3.05) is 6.61 Å². The van der Waals surface area contributed by atoms with Crippen LogP contribution in [0.25, 0.3) is 0 Å². The van der Waals surface area contributed by atoms with Gasteiger partial charge in [0.15, 0.2) is 0 Å². The Labute approximate surface area is 188 Å². The van der Waals surface area contributed by atoms with Crippen LogP contribution in [0.3, 0.4) is 0 Å². The molecule has 1 aromatic heterocycles. The molecule has 8 heteroatoms. The first kappa shape index (κ1) is 27.3. The van der Waals surface area contributed by atoms with E-state index in [9.17, 15) is 14.7 Å². The van der Waals surface area contributed by atoms with Gasteiger partial charge in [-0.15, -0.1) is 11.3 Å². The molecule has 0 bridgehead atoms. The lowest BCUT2D eigenvalue weighted by Gasteiger charge is -2.21. The van der Waals surface area contributed by atoms with Crippen molar-refractivity contribution in [2.45, 2.75) is 83.5 Å². The number of carboxylic acids is 2. The minimum absolute atomic E-state index is 0.164. The lowest BCUT2D eigenvalue weighted by atomic mass is 9.98. The second kappa shape index (κ2) is 16.0. The highest BCUT2D eigenvalue weighted by Gasteiger charge is 2.13. The van der Waals surface area contributed by atoms with E-state index in [1.54, 1.807) is 0 Å². The molecule has 176 valence electrons. The lowest BCUT2D eigenvalue weighted by Crippen LogP contribution is -2.27. The molecule has 0 aromatic carbocycles. The maximum absolute atomic E-state index is 9.55. The van der Waals surface area contributed by atoms with Crippen LogP contribution in [0.4, 0.5) is 0 Å². The number of ether oxygens (including phenoxy) is 1. The zero-order chi connectivity index (χ0) is 23.1. The third-order valence-corrected chi connectivity index (χ3v) is 6.44. The molecule has 7 nitrogen and oxygen atoms in total. The van der Waals surface area contributed by atoms with Crippen molar-refractivity contribution < 1.29 is 29.6 Å². The highest BCUT2D eigenvalue weighted by atomic mass is 32.1. The predicted octanol–water partition coefficient (Wildman–Crippen LogP) is 3.98. The quantitative estimate of drug-likeness (QED) is 0.213. The Kier molecular flexibility index (Phi) is 14.1. The van der Waals surface area contributed by atoms with Crippen molar-refractivity contribution in [3.05, 3.63) is 34.0 Å². The van der Waals surface area contributed by atoms with Gasteiger partial charge >= 0.3 is 11.9 Å². The number of aliphatic hydroxyl groups excluding tert-OH is 1. The van der Waals surface area contributed by atoms with Crippen molar-refractivity contribution in [3.8, 4) is 0 Å². The van der Waals surface area contributed by atoms with Crippen LogP contribution in [-0.2, 0) is 27.2 Å². The molecule has 5 N–H and O–H groups in total. The van der Waals surface area contributed by atoms with Gasteiger partial charge in [0.25, 0.3) is 0 Å². The number of hydrogen-bond acceptors (Lipinski definition) is 6. The van der Waals surface area contributed by atoms with E-state index in [1.807, 2.05) is 18.3 Å². The Morgan fingerprint density at radius 2 is 1.68 bits per heavy atom. The van der Waals surface area contributed by atoms with Crippen LogP contribution < -0.4 is 5.73 Å². The van der Waals surface area contributed by atoms with Crippen LogP contribution in [0, 0.1) is 5.92 Å². The van der Waals surface area contributed by atoms with Crippen molar-refractivity contribution in [3.63, 3.8) is 0 Å². The summed E-state index contributed by atoms with van der Waals surface area (Å²) in [5.74, 6) is -2.35. The second-order valence-corrected chi connectivity index (χ2v) is 9.23. The number of hydrogen-bond donors (Lipinski definition) is 4. The molecule has 1 saturated carbocycles. The van der Waals surface area contributed by atoms with Gasteiger partial charge in [0.1, 0.15) is 6.23 Å². The molecule has 1 aliphatic rings. The Morgan fingerprint density at radius 3 is 2.23 bits per heavy atom. The minimum Gasteiger partial charge on any atom is -0.478 e. The number of carboxylic acid groups (broad SMARTS) is 2. The van der Waals surface area contributed by atoms with Crippen LogP contribution >= 0.6 is 11.3 Å². The average Bonchev–Trinajstić information content (AvgIpc) is 3.19. The van der Waals surface area contributed by atoms with Crippen molar-refractivity contribution in [2.24, 2.45) is 11.7 Å². The Balaban J connectivity index is 0.000000512. The number of thiophene rings is 1. The molecule has 1 unspecified atom stereocenters. The average molecular weight is 456 g/mol. The molecule has 31 heavy (non-hydrogen) atoms. The first-order chi connectivity index (χ1) is 14.8. The van der Waals surface area contributed by atoms with Gasteiger partial charge in [-0.1, -0.05) is 26.2 Å². The third kappa shape index (κ3) is 14.0. The molecule has 1 heterocycles. The number of aryl methyl sites for hydroxylation is 2. The summed E-state index contributed by atoms with van der Waals surface area (Å²) in [7, 11) is 0. The monoisotopic (exact) mass is 455 g/mol. The molecule has 1 fully saturated rings. The Morgan fingerprint density at radius 1 is 1.10 bits per heavy atom. The first-order valence-electron chi connectivity index (χ1n) is 11.0. The first-order valence-corrected chi connectivity index (χ1v) is 11.9. The van der Waals surface area contributed by atoms with E-state index in [4.69, 9.17) is 20.7 Å². The van der Waals surface area contributed by atoms with Gasteiger partial charge < -0.3 is 25.8 Å². The summed E-state index contributed by atoms with van der Waals surface area (Å²) in [5.41, 5.74) is 5.50. The van der Waals surface area contributed by atoms with Crippen molar-refractivity contribution >= 4 is 23.3 Å². The van der Waals surface area contributed by atoms with E-state index in [1.165, 1.54) is 54.7 Å². The largest absolute Gasteiger partial charge is 0.478 e. The molecule has 0 saturated heterocycles. The van der Waals surface area contributed by atoms with Crippen LogP contribution in [-0.4, -0.2) is 46.2 Å². The van der Waals surface area contributed by atoms with Crippen molar-refractivity contribution in [1.82, 2.24) is 0 Å². The van der Waals surface area contributed by atoms with Gasteiger partial charge in [0.2, 0.25) is 0 Å². The normalized spacial score (nSPS) is 16.5. The van der Waals surface area contributed by atoms with E-state index < -0.39 is 18.2 Å². The fourth-order valence-corrected chi connectivity index (χ4v) is 4.33. The zero-order valence-corrected chi connectivity index (χ0v) is 19.2. The van der Waals surface area contributed by atoms with E-state index in [-0.39, 0.29) is 5.92 Å². The maximum Gasteiger partial charge on any atom is 0.328 e. The van der Waals surface area contributed by atoms with Crippen molar-refractivity contribution in [1.29, 1.82) is 0 Å². The van der Waals surface area contributed by atoms with Crippen LogP contribution in [0.5, 0.6) is 0 Å². The van der Waals surface area contributed by atoms with Gasteiger partial charge in [-0.05, 0) is 63.0 Å². The van der Waals surface area contributed by atoms with E-state index in [0.717, 1.165) is 25.9 Å². The number of nitrogens with two attached hydrogens (primary N) is 1. The maximum atomic E-state index is 9.55. The van der Waals surface area contributed by atoms with E-state index in [2.05, 4.69) is 12.1 Å². The van der Waals surface area contributed by atoms with Gasteiger partial charge in [-0.25, -0.2) is 9.59 Å². The highest BCUT2D eigenvalue weighted by molar-refractivity contribution is 7.11. The highest BCUT2D eigenvalue weighted by Crippen LogP contribution is 2.23. The number of unbranched alkanes of at least 4 members (excludes halogenated alkanes) is 1. The molecular weight excluding hydrogens is 418 g/mol. The third-order valence-electron chi connectivity index (χ3n) is 5.24. The minimum atomic E-state index is -1.26. The summed E-state index contributed by atoms with van der Waals surface area (Å²) in [4.78, 5) is 22.0.